The molecular weight excluding hydrogens is 406 g/mol. The third-order valence-electron chi connectivity index (χ3n) is 4.73. The van der Waals surface area contributed by atoms with Crippen molar-refractivity contribution in [3.8, 4) is 5.75 Å². The van der Waals surface area contributed by atoms with Gasteiger partial charge in [0.25, 0.3) is 11.8 Å². The Morgan fingerprint density at radius 1 is 1.27 bits per heavy atom. The summed E-state index contributed by atoms with van der Waals surface area (Å²) in [7, 11) is 1.51. The summed E-state index contributed by atoms with van der Waals surface area (Å²) in [4.78, 5) is 44.4. The first-order valence-corrected chi connectivity index (χ1v) is 10.6. The SMILES string of the molecule is COc1ccc(C(=O)N=C2C(=N)N=C(SCC(=O)NC3CCCCC3)NC2=O)cc1. The number of carbonyl (C=O) groups is 3. The van der Waals surface area contributed by atoms with Gasteiger partial charge in [-0.15, -0.1) is 0 Å². The van der Waals surface area contributed by atoms with Gasteiger partial charge in [0.2, 0.25) is 5.91 Å². The number of hydrogen-bond acceptors (Lipinski definition) is 6. The smallest absolute Gasteiger partial charge is 0.279 e. The molecule has 0 unspecified atom stereocenters. The van der Waals surface area contributed by atoms with E-state index in [1.54, 1.807) is 12.1 Å². The Hall–Kier alpha value is -3.01. The van der Waals surface area contributed by atoms with Gasteiger partial charge in [0, 0.05) is 11.6 Å². The summed E-state index contributed by atoms with van der Waals surface area (Å²) in [5.41, 5.74) is -0.112. The number of benzene rings is 1. The number of nitrogens with zero attached hydrogens (tertiary/aromatic N) is 2. The molecule has 10 heteroatoms. The lowest BCUT2D eigenvalue weighted by molar-refractivity contribution is -0.119. The third-order valence-corrected chi connectivity index (χ3v) is 5.61. The molecule has 0 atom stereocenters. The van der Waals surface area contributed by atoms with Crippen molar-refractivity contribution in [3.63, 3.8) is 0 Å². The molecule has 3 amide bonds. The number of hydrogen-bond donors (Lipinski definition) is 3. The standard InChI is InChI=1S/C20H23N5O4S/c1-29-14-9-7-12(8-10-14)18(27)23-16-17(21)24-20(25-19(16)28)30-11-15(26)22-13-5-3-2-4-6-13/h7-10,13H,2-6,11H2,1H3,(H,22,26)(H2,21,24,25,28). The van der Waals surface area contributed by atoms with Gasteiger partial charge < -0.3 is 10.1 Å². The Bertz CT molecular complexity index is 904. The van der Waals surface area contributed by atoms with Gasteiger partial charge in [0.15, 0.2) is 16.7 Å². The minimum absolute atomic E-state index is 0.0835. The molecule has 158 valence electrons. The van der Waals surface area contributed by atoms with E-state index in [1.807, 2.05) is 0 Å². The van der Waals surface area contributed by atoms with Gasteiger partial charge in [-0.1, -0.05) is 31.0 Å². The number of methoxy groups -OCH3 is 1. The van der Waals surface area contributed by atoms with E-state index in [-0.39, 0.29) is 34.1 Å². The maximum Gasteiger partial charge on any atom is 0.279 e. The molecule has 0 spiro atoms. The maximum atomic E-state index is 12.3. The highest BCUT2D eigenvalue weighted by Crippen LogP contribution is 2.18. The van der Waals surface area contributed by atoms with E-state index in [1.165, 1.54) is 25.7 Å². The second-order valence-electron chi connectivity index (χ2n) is 6.90. The number of amides is 3. The third kappa shape index (κ3) is 5.76. The Morgan fingerprint density at radius 2 is 1.97 bits per heavy atom. The van der Waals surface area contributed by atoms with E-state index < -0.39 is 17.6 Å². The molecule has 1 aliphatic carbocycles. The zero-order valence-corrected chi connectivity index (χ0v) is 17.4. The van der Waals surface area contributed by atoms with E-state index in [2.05, 4.69) is 20.6 Å². The number of thioether (sulfide) groups is 1. The van der Waals surface area contributed by atoms with Crippen LogP contribution in [0.2, 0.25) is 0 Å². The summed E-state index contributed by atoms with van der Waals surface area (Å²) in [6.07, 6.45) is 5.42. The molecule has 1 fully saturated rings. The largest absolute Gasteiger partial charge is 0.497 e. The van der Waals surface area contributed by atoms with Gasteiger partial charge in [0.05, 0.1) is 12.9 Å². The van der Waals surface area contributed by atoms with Crippen molar-refractivity contribution in [2.75, 3.05) is 12.9 Å². The molecule has 1 aliphatic heterocycles. The highest BCUT2D eigenvalue weighted by molar-refractivity contribution is 8.14. The molecule has 0 saturated heterocycles. The van der Waals surface area contributed by atoms with E-state index in [9.17, 15) is 14.4 Å². The van der Waals surface area contributed by atoms with Crippen molar-refractivity contribution in [3.05, 3.63) is 29.8 Å². The van der Waals surface area contributed by atoms with Gasteiger partial charge in [-0.2, -0.15) is 4.99 Å². The summed E-state index contributed by atoms with van der Waals surface area (Å²) in [5.74, 6) is -1.25. The van der Waals surface area contributed by atoms with Crippen LogP contribution < -0.4 is 15.4 Å². The molecule has 9 nitrogen and oxygen atoms in total. The van der Waals surface area contributed by atoms with Crippen LogP contribution in [0.5, 0.6) is 5.75 Å². The Morgan fingerprint density at radius 3 is 2.60 bits per heavy atom. The highest BCUT2D eigenvalue weighted by atomic mass is 32.2. The van der Waals surface area contributed by atoms with Crippen LogP contribution >= 0.6 is 11.8 Å². The topological polar surface area (TPSA) is 133 Å². The summed E-state index contributed by atoms with van der Waals surface area (Å²) in [5, 5.41) is 13.6. The summed E-state index contributed by atoms with van der Waals surface area (Å²) in [6, 6.07) is 6.45. The summed E-state index contributed by atoms with van der Waals surface area (Å²) >= 11 is 1.03. The number of rotatable bonds is 5. The molecule has 1 heterocycles. The molecule has 30 heavy (non-hydrogen) atoms. The van der Waals surface area contributed by atoms with Crippen LogP contribution in [0.4, 0.5) is 0 Å². The lowest BCUT2D eigenvalue weighted by Crippen LogP contribution is -2.44. The second-order valence-corrected chi connectivity index (χ2v) is 7.87. The first kappa shape index (κ1) is 21.7. The molecule has 0 bridgehead atoms. The van der Waals surface area contributed by atoms with Gasteiger partial charge in [-0.25, -0.2) is 4.99 Å². The number of amidine groups is 2. The quantitative estimate of drug-likeness (QED) is 0.658. The highest BCUT2D eigenvalue weighted by Gasteiger charge is 2.26. The first-order valence-electron chi connectivity index (χ1n) is 9.64. The zero-order chi connectivity index (χ0) is 21.5. The normalized spacial score (nSPS) is 18.6. The van der Waals surface area contributed by atoms with Crippen LogP contribution in [0.25, 0.3) is 0 Å². The monoisotopic (exact) mass is 429 g/mol. The van der Waals surface area contributed by atoms with Crippen LogP contribution in [0.3, 0.4) is 0 Å². The van der Waals surface area contributed by atoms with Gasteiger partial charge in [0.1, 0.15) is 5.75 Å². The average Bonchev–Trinajstić information content (AvgIpc) is 2.75. The Labute approximate surface area is 178 Å². The van der Waals surface area contributed by atoms with Gasteiger partial charge in [-0.3, -0.25) is 25.1 Å². The lowest BCUT2D eigenvalue weighted by atomic mass is 9.95. The predicted molar refractivity (Wildman–Crippen MR) is 116 cm³/mol. The molecule has 0 aromatic heterocycles. The molecule has 2 aliphatic rings. The number of ether oxygens (including phenoxy) is 1. The van der Waals surface area contributed by atoms with Crippen molar-refractivity contribution in [2.45, 2.75) is 38.1 Å². The number of carbonyl (C=O) groups excluding carboxylic acids is 3. The van der Waals surface area contributed by atoms with E-state index >= 15 is 0 Å². The van der Waals surface area contributed by atoms with Crippen LogP contribution in [-0.4, -0.2) is 53.3 Å². The fraction of sp³-hybridized carbons (Fsp3) is 0.400. The lowest BCUT2D eigenvalue weighted by Gasteiger charge is -2.22. The van der Waals surface area contributed by atoms with Crippen molar-refractivity contribution in [2.24, 2.45) is 9.98 Å². The van der Waals surface area contributed by atoms with Gasteiger partial charge >= 0.3 is 0 Å². The average molecular weight is 430 g/mol. The molecule has 3 N–H and O–H groups in total. The molecule has 1 aromatic carbocycles. The van der Waals surface area contributed by atoms with Crippen LogP contribution in [0.1, 0.15) is 42.5 Å². The Balaban J connectivity index is 1.58. The number of aliphatic imine (C=N–C) groups is 2. The fourth-order valence-corrected chi connectivity index (χ4v) is 3.84. The van der Waals surface area contributed by atoms with Crippen molar-refractivity contribution in [1.82, 2.24) is 10.6 Å². The fourth-order valence-electron chi connectivity index (χ4n) is 3.17. The van der Waals surface area contributed by atoms with E-state index in [4.69, 9.17) is 10.1 Å². The van der Waals surface area contributed by atoms with Crippen LogP contribution in [-0.2, 0) is 9.59 Å². The first-order chi connectivity index (χ1) is 14.5. The van der Waals surface area contributed by atoms with E-state index in [0.717, 1.165) is 37.4 Å². The minimum atomic E-state index is -0.702. The van der Waals surface area contributed by atoms with Gasteiger partial charge in [-0.05, 0) is 37.1 Å². The molecule has 3 rings (SSSR count). The maximum absolute atomic E-state index is 12.3. The molecule has 1 saturated carbocycles. The minimum Gasteiger partial charge on any atom is -0.497 e. The molecule has 0 radical (unpaired) electrons. The van der Waals surface area contributed by atoms with Crippen molar-refractivity contribution < 1.29 is 19.1 Å². The summed E-state index contributed by atoms with van der Waals surface area (Å²) in [6.45, 7) is 0. The predicted octanol–water partition coefficient (Wildman–Crippen LogP) is 1.92. The summed E-state index contributed by atoms with van der Waals surface area (Å²) < 4.78 is 5.03. The Kier molecular flexibility index (Phi) is 7.34. The van der Waals surface area contributed by atoms with Crippen molar-refractivity contribution >= 4 is 46.2 Å². The molecule has 1 aromatic rings. The van der Waals surface area contributed by atoms with Crippen LogP contribution in [0.15, 0.2) is 34.3 Å². The zero-order valence-electron chi connectivity index (χ0n) is 16.6. The number of nitrogens with one attached hydrogen (secondary N) is 3. The van der Waals surface area contributed by atoms with Crippen molar-refractivity contribution in [1.29, 1.82) is 5.41 Å². The second kappa shape index (κ2) is 10.1. The van der Waals surface area contributed by atoms with Crippen LogP contribution in [0, 0.1) is 5.41 Å². The molecular formula is C20H23N5O4S. The van der Waals surface area contributed by atoms with E-state index in [0.29, 0.717) is 5.75 Å².